The average Bonchev–Trinajstić information content (AvgIpc) is 3.39. The van der Waals surface area contributed by atoms with Gasteiger partial charge in [0.05, 0.1) is 10.0 Å². The van der Waals surface area contributed by atoms with Crippen LogP contribution in [0.1, 0.15) is 30.4 Å². The van der Waals surface area contributed by atoms with E-state index >= 15 is 0 Å². The van der Waals surface area contributed by atoms with Gasteiger partial charge in [-0.05, 0) is 48.6 Å². The van der Waals surface area contributed by atoms with E-state index in [0.717, 1.165) is 24.0 Å². The molecule has 1 aromatic heterocycles. The van der Waals surface area contributed by atoms with Crippen LogP contribution in [0.25, 0.3) is 0 Å². The summed E-state index contributed by atoms with van der Waals surface area (Å²) in [7, 11) is 0. The highest BCUT2D eigenvalue weighted by Gasteiger charge is 2.32. The highest BCUT2D eigenvalue weighted by molar-refractivity contribution is 6.42. The summed E-state index contributed by atoms with van der Waals surface area (Å²) in [6.45, 7) is 0.648. The van der Waals surface area contributed by atoms with Crippen molar-refractivity contribution in [3.05, 3.63) is 63.9 Å². The van der Waals surface area contributed by atoms with Crippen LogP contribution in [-0.4, -0.2) is 21.8 Å². The molecule has 0 aliphatic heterocycles. The number of hydrogen-bond donors (Lipinski definition) is 0. The Morgan fingerprint density at radius 3 is 2.61 bits per heavy atom. The van der Waals surface area contributed by atoms with E-state index in [-0.39, 0.29) is 5.91 Å². The zero-order chi connectivity index (χ0) is 16.2. The summed E-state index contributed by atoms with van der Waals surface area (Å²) in [6.07, 6.45) is 6.76. The van der Waals surface area contributed by atoms with Crippen molar-refractivity contribution in [3.8, 4) is 0 Å². The van der Waals surface area contributed by atoms with E-state index in [9.17, 15) is 4.79 Å². The smallest absolute Gasteiger partial charge is 0.223 e. The summed E-state index contributed by atoms with van der Waals surface area (Å²) < 4.78 is 0. The number of carbonyl (C=O) groups is 1. The fourth-order valence-electron chi connectivity index (χ4n) is 2.62. The molecule has 0 saturated heterocycles. The second kappa shape index (κ2) is 7.33. The molecule has 1 heterocycles. The van der Waals surface area contributed by atoms with E-state index in [4.69, 9.17) is 23.2 Å². The molecule has 3 rings (SSSR count). The Balaban J connectivity index is 1.64. The normalized spacial score (nSPS) is 13.8. The average molecular weight is 349 g/mol. The number of halogens is 2. The van der Waals surface area contributed by atoms with Crippen LogP contribution in [0, 0.1) is 0 Å². The van der Waals surface area contributed by atoms with E-state index in [0.29, 0.717) is 35.5 Å². The number of pyridine rings is 1. The molecule has 0 bridgehead atoms. The van der Waals surface area contributed by atoms with Crippen molar-refractivity contribution in [2.24, 2.45) is 0 Å². The lowest BCUT2D eigenvalue weighted by atomic mass is 10.1. The van der Waals surface area contributed by atoms with Crippen LogP contribution in [-0.2, 0) is 17.8 Å². The quantitative estimate of drug-likeness (QED) is 0.769. The van der Waals surface area contributed by atoms with Gasteiger partial charge in [0.2, 0.25) is 5.91 Å². The second-order valence-corrected chi connectivity index (χ2v) is 6.61. The molecule has 0 atom stereocenters. The molecule has 5 heteroatoms. The third-order valence-electron chi connectivity index (χ3n) is 4.05. The van der Waals surface area contributed by atoms with Crippen molar-refractivity contribution < 1.29 is 4.79 Å². The monoisotopic (exact) mass is 348 g/mol. The molecule has 120 valence electrons. The van der Waals surface area contributed by atoms with Crippen molar-refractivity contribution in [3.63, 3.8) is 0 Å². The van der Waals surface area contributed by atoms with E-state index in [2.05, 4.69) is 4.98 Å². The maximum atomic E-state index is 12.6. The van der Waals surface area contributed by atoms with Gasteiger partial charge in [-0.15, -0.1) is 0 Å². The van der Waals surface area contributed by atoms with Gasteiger partial charge in [0.1, 0.15) is 0 Å². The molecule has 23 heavy (non-hydrogen) atoms. The first-order valence-corrected chi connectivity index (χ1v) is 8.52. The molecule has 3 nitrogen and oxygen atoms in total. The van der Waals surface area contributed by atoms with Crippen molar-refractivity contribution in [1.29, 1.82) is 0 Å². The molecule has 2 aromatic rings. The second-order valence-electron chi connectivity index (χ2n) is 5.82. The van der Waals surface area contributed by atoms with Crippen molar-refractivity contribution in [1.82, 2.24) is 9.88 Å². The third kappa shape index (κ3) is 4.24. The van der Waals surface area contributed by atoms with Gasteiger partial charge >= 0.3 is 0 Å². The summed E-state index contributed by atoms with van der Waals surface area (Å²) in [4.78, 5) is 18.6. The van der Waals surface area contributed by atoms with Gasteiger partial charge in [-0.2, -0.15) is 0 Å². The molecule has 1 aliphatic carbocycles. The predicted molar refractivity (Wildman–Crippen MR) is 92.6 cm³/mol. The lowest BCUT2D eigenvalue weighted by molar-refractivity contribution is -0.132. The lowest BCUT2D eigenvalue weighted by Crippen LogP contribution is -2.32. The van der Waals surface area contributed by atoms with Gasteiger partial charge in [-0.3, -0.25) is 9.78 Å². The first-order valence-electron chi connectivity index (χ1n) is 7.76. The molecule has 1 fully saturated rings. The highest BCUT2D eigenvalue weighted by Crippen LogP contribution is 2.30. The van der Waals surface area contributed by atoms with Gasteiger partial charge in [-0.1, -0.05) is 35.3 Å². The molecular formula is C18H18Cl2N2O. The number of amides is 1. The van der Waals surface area contributed by atoms with E-state index in [1.54, 1.807) is 18.5 Å². The van der Waals surface area contributed by atoms with Gasteiger partial charge in [0.15, 0.2) is 0 Å². The van der Waals surface area contributed by atoms with Gasteiger partial charge in [0, 0.05) is 31.4 Å². The molecule has 0 unspecified atom stereocenters. The van der Waals surface area contributed by atoms with Crippen LogP contribution in [0.4, 0.5) is 0 Å². The van der Waals surface area contributed by atoms with Crippen molar-refractivity contribution in [2.75, 3.05) is 0 Å². The van der Waals surface area contributed by atoms with Crippen LogP contribution in [0.5, 0.6) is 0 Å². The summed E-state index contributed by atoms with van der Waals surface area (Å²) in [6, 6.07) is 9.84. The summed E-state index contributed by atoms with van der Waals surface area (Å²) in [5.41, 5.74) is 2.04. The summed E-state index contributed by atoms with van der Waals surface area (Å²) in [5, 5.41) is 1.08. The first kappa shape index (κ1) is 16.3. The standard InChI is InChI=1S/C18H18Cl2N2O/c19-16-3-1-2-14(18(16)20)4-7-17(23)22(15-5-6-15)12-13-8-10-21-11-9-13/h1-3,8-11,15H,4-7,12H2. The van der Waals surface area contributed by atoms with Gasteiger partial charge in [0.25, 0.3) is 0 Å². The number of rotatable bonds is 6. The molecular weight excluding hydrogens is 331 g/mol. The van der Waals surface area contributed by atoms with Crippen LogP contribution < -0.4 is 0 Å². The molecule has 1 aromatic carbocycles. The van der Waals surface area contributed by atoms with E-state index < -0.39 is 0 Å². The molecule has 1 saturated carbocycles. The molecule has 0 spiro atoms. The molecule has 0 N–H and O–H groups in total. The van der Waals surface area contributed by atoms with Gasteiger partial charge in [-0.25, -0.2) is 0 Å². The Kier molecular flexibility index (Phi) is 5.19. The fraction of sp³-hybridized carbons (Fsp3) is 0.333. The van der Waals surface area contributed by atoms with Crippen LogP contribution >= 0.6 is 23.2 Å². The van der Waals surface area contributed by atoms with Crippen LogP contribution in [0.3, 0.4) is 0 Å². The number of aryl methyl sites for hydroxylation is 1. The van der Waals surface area contributed by atoms with Crippen LogP contribution in [0.15, 0.2) is 42.7 Å². The summed E-state index contributed by atoms with van der Waals surface area (Å²) in [5.74, 6) is 0.167. The van der Waals surface area contributed by atoms with Crippen LogP contribution in [0.2, 0.25) is 10.0 Å². The predicted octanol–water partition coefficient (Wildman–Crippen LogP) is 4.51. The topological polar surface area (TPSA) is 33.2 Å². The fourth-order valence-corrected chi connectivity index (χ4v) is 3.03. The highest BCUT2D eigenvalue weighted by atomic mass is 35.5. The number of carbonyl (C=O) groups excluding carboxylic acids is 1. The first-order chi connectivity index (χ1) is 11.1. The third-order valence-corrected chi connectivity index (χ3v) is 4.91. The Morgan fingerprint density at radius 1 is 1.17 bits per heavy atom. The minimum Gasteiger partial charge on any atom is -0.335 e. The summed E-state index contributed by atoms with van der Waals surface area (Å²) >= 11 is 12.2. The Bertz CT molecular complexity index is 687. The largest absolute Gasteiger partial charge is 0.335 e. The number of nitrogens with zero attached hydrogens (tertiary/aromatic N) is 2. The zero-order valence-corrected chi connectivity index (χ0v) is 14.2. The molecule has 0 radical (unpaired) electrons. The zero-order valence-electron chi connectivity index (χ0n) is 12.7. The maximum Gasteiger partial charge on any atom is 0.223 e. The minimum atomic E-state index is 0.167. The van der Waals surface area contributed by atoms with E-state index in [1.807, 2.05) is 29.2 Å². The number of hydrogen-bond acceptors (Lipinski definition) is 2. The maximum absolute atomic E-state index is 12.6. The van der Waals surface area contributed by atoms with E-state index in [1.165, 1.54) is 0 Å². The Labute approximate surface area is 146 Å². The van der Waals surface area contributed by atoms with Gasteiger partial charge < -0.3 is 4.90 Å². The Hall–Kier alpha value is -1.58. The number of aromatic nitrogens is 1. The molecule has 1 amide bonds. The number of benzene rings is 1. The minimum absolute atomic E-state index is 0.167. The van der Waals surface area contributed by atoms with Crippen molar-refractivity contribution >= 4 is 29.1 Å². The Morgan fingerprint density at radius 2 is 1.91 bits per heavy atom. The van der Waals surface area contributed by atoms with Crippen molar-refractivity contribution in [2.45, 2.75) is 38.3 Å². The molecule has 1 aliphatic rings. The SMILES string of the molecule is O=C(CCc1cccc(Cl)c1Cl)N(Cc1ccncc1)C1CC1. The lowest BCUT2D eigenvalue weighted by Gasteiger charge is -2.22.